The summed E-state index contributed by atoms with van der Waals surface area (Å²) >= 11 is 0. The molecule has 1 unspecified atom stereocenters. The molecule has 2 amide bonds. The number of amides is 2. The minimum atomic E-state index is -5.08. The lowest BCUT2D eigenvalue weighted by atomic mass is 10.1. The molecule has 31 heavy (non-hydrogen) atoms. The van der Waals surface area contributed by atoms with Crippen molar-refractivity contribution in [1.82, 2.24) is 19.8 Å². The van der Waals surface area contributed by atoms with E-state index in [0.717, 1.165) is 5.69 Å². The Morgan fingerprint density at radius 2 is 1.77 bits per heavy atom. The summed E-state index contributed by atoms with van der Waals surface area (Å²) in [6.45, 7) is 10.7. The van der Waals surface area contributed by atoms with E-state index in [2.05, 4.69) is 10.3 Å². The number of hydrogen-bond donors (Lipinski definition) is 2. The molecule has 1 aromatic heterocycles. The van der Waals surface area contributed by atoms with Gasteiger partial charge in [-0.3, -0.25) is 14.2 Å². The summed E-state index contributed by atoms with van der Waals surface area (Å²) in [6.07, 6.45) is -4.84. The summed E-state index contributed by atoms with van der Waals surface area (Å²) < 4.78 is 33.3. The van der Waals surface area contributed by atoms with Gasteiger partial charge in [0.1, 0.15) is 0 Å². The Morgan fingerprint density at radius 3 is 2.19 bits per heavy atom. The minimum Gasteiger partial charge on any atom is -0.475 e. The summed E-state index contributed by atoms with van der Waals surface area (Å²) in [5.74, 6) is -3.21. The molecule has 1 atom stereocenters. The highest BCUT2D eigenvalue weighted by atomic mass is 19.4. The molecule has 1 aromatic rings. The van der Waals surface area contributed by atoms with E-state index in [-0.39, 0.29) is 35.4 Å². The van der Waals surface area contributed by atoms with Crippen molar-refractivity contribution in [3.05, 3.63) is 27.9 Å². The van der Waals surface area contributed by atoms with Crippen molar-refractivity contribution in [2.45, 2.75) is 59.3 Å². The molecule has 1 aliphatic heterocycles. The van der Waals surface area contributed by atoms with Gasteiger partial charge in [-0.15, -0.1) is 0 Å². The highest BCUT2D eigenvalue weighted by molar-refractivity contribution is 5.89. The summed E-state index contributed by atoms with van der Waals surface area (Å²) in [4.78, 5) is 50.7. The number of aryl methyl sites for hydroxylation is 2. The van der Waals surface area contributed by atoms with Gasteiger partial charge in [-0.05, 0) is 40.7 Å². The SMILES string of the molecule is Cc1cc(C)n(CCNC(=O)C2CC(=O)N(C(C)(C)C)C2)c(=O)n1.O=C(O)C(F)(F)F. The normalized spacial score (nSPS) is 16.6. The van der Waals surface area contributed by atoms with Crippen LogP contribution in [0.2, 0.25) is 0 Å². The van der Waals surface area contributed by atoms with Crippen LogP contribution in [-0.2, 0) is 20.9 Å². The van der Waals surface area contributed by atoms with E-state index in [9.17, 15) is 27.6 Å². The van der Waals surface area contributed by atoms with Crippen LogP contribution in [0.4, 0.5) is 13.2 Å². The number of carbonyl (C=O) groups is 3. The Kier molecular flexibility index (Phi) is 8.36. The highest BCUT2D eigenvalue weighted by Crippen LogP contribution is 2.25. The molecule has 2 rings (SSSR count). The van der Waals surface area contributed by atoms with Gasteiger partial charge in [0.2, 0.25) is 11.8 Å². The predicted molar refractivity (Wildman–Crippen MR) is 104 cm³/mol. The van der Waals surface area contributed by atoms with E-state index in [0.29, 0.717) is 25.3 Å². The Balaban J connectivity index is 0.000000592. The minimum absolute atomic E-state index is 0.0115. The molecule has 1 fully saturated rings. The average molecular weight is 448 g/mol. The first-order chi connectivity index (χ1) is 14.0. The van der Waals surface area contributed by atoms with E-state index in [1.54, 1.807) is 11.8 Å². The number of halogens is 3. The van der Waals surface area contributed by atoms with Crippen molar-refractivity contribution in [1.29, 1.82) is 0 Å². The zero-order valence-corrected chi connectivity index (χ0v) is 18.0. The molecule has 1 saturated heterocycles. The second-order valence-corrected chi connectivity index (χ2v) is 8.14. The number of carbonyl (C=O) groups excluding carboxylic acids is 2. The van der Waals surface area contributed by atoms with Crippen molar-refractivity contribution < 1.29 is 32.7 Å². The van der Waals surface area contributed by atoms with Crippen LogP contribution in [0.15, 0.2) is 10.9 Å². The molecular weight excluding hydrogens is 421 g/mol. The largest absolute Gasteiger partial charge is 0.490 e. The number of aliphatic carboxylic acids is 1. The number of alkyl halides is 3. The van der Waals surface area contributed by atoms with Gasteiger partial charge in [0.05, 0.1) is 5.92 Å². The van der Waals surface area contributed by atoms with E-state index < -0.39 is 12.1 Å². The smallest absolute Gasteiger partial charge is 0.475 e. The fraction of sp³-hybridized carbons (Fsp3) is 0.632. The number of carboxylic acid groups (broad SMARTS) is 1. The maximum absolute atomic E-state index is 12.3. The number of aromatic nitrogens is 2. The summed E-state index contributed by atoms with van der Waals surface area (Å²) in [7, 11) is 0. The van der Waals surface area contributed by atoms with E-state index in [1.165, 1.54) is 4.57 Å². The van der Waals surface area contributed by atoms with Crippen LogP contribution in [0.5, 0.6) is 0 Å². The molecule has 0 saturated carbocycles. The molecule has 0 aliphatic carbocycles. The summed E-state index contributed by atoms with van der Waals surface area (Å²) in [5.41, 5.74) is 0.919. The van der Waals surface area contributed by atoms with E-state index in [1.807, 2.05) is 33.8 Å². The fourth-order valence-corrected chi connectivity index (χ4v) is 3.01. The topological polar surface area (TPSA) is 122 Å². The van der Waals surface area contributed by atoms with Gasteiger partial charge < -0.3 is 15.3 Å². The maximum Gasteiger partial charge on any atom is 0.490 e. The van der Waals surface area contributed by atoms with Gasteiger partial charge >= 0.3 is 17.8 Å². The quantitative estimate of drug-likeness (QED) is 0.715. The van der Waals surface area contributed by atoms with Crippen LogP contribution in [0.25, 0.3) is 0 Å². The van der Waals surface area contributed by atoms with Crippen molar-refractivity contribution in [2.24, 2.45) is 5.92 Å². The first-order valence-corrected chi connectivity index (χ1v) is 9.47. The van der Waals surface area contributed by atoms with Gasteiger partial charge in [-0.25, -0.2) is 9.59 Å². The zero-order chi connectivity index (χ0) is 24.1. The Bertz CT molecular complexity index is 890. The van der Waals surface area contributed by atoms with Crippen LogP contribution in [0, 0.1) is 19.8 Å². The fourth-order valence-electron chi connectivity index (χ4n) is 3.01. The first-order valence-electron chi connectivity index (χ1n) is 9.47. The van der Waals surface area contributed by atoms with E-state index in [4.69, 9.17) is 9.90 Å². The van der Waals surface area contributed by atoms with Crippen molar-refractivity contribution >= 4 is 17.8 Å². The second-order valence-electron chi connectivity index (χ2n) is 8.14. The van der Waals surface area contributed by atoms with Crippen molar-refractivity contribution in [2.75, 3.05) is 13.1 Å². The van der Waals surface area contributed by atoms with Gasteiger partial charge in [0.25, 0.3) is 0 Å². The molecule has 0 aromatic carbocycles. The molecular formula is C19H27F3N4O5. The lowest BCUT2D eigenvalue weighted by molar-refractivity contribution is -0.192. The monoisotopic (exact) mass is 448 g/mol. The maximum atomic E-state index is 12.3. The van der Waals surface area contributed by atoms with Crippen LogP contribution >= 0.6 is 0 Å². The number of rotatable bonds is 4. The Labute approximate surface area is 177 Å². The third kappa shape index (κ3) is 7.68. The first kappa shape index (κ1) is 26.1. The van der Waals surface area contributed by atoms with Crippen LogP contribution in [-0.4, -0.2) is 62.1 Å². The lowest BCUT2D eigenvalue weighted by Crippen LogP contribution is -2.43. The molecule has 2 N–H and O–H groups in total. The molecule has 1 aliphatic rings. The van der Waals surface area contributed by atoms with Crippen molar-refractivity contribution in [3.63, 3.8) is 0 Å². The lowest BCUT2D eigenvalue weighted by Gasteiger charge is -2.31. The third-order valence-corrected chi connectivity index (χ3v) is 4.53. The van der Waals surface area contributed by atoms with Gasteiger partial charge in [-0.2, -0.15) is 18.2 Å². The second kappa shape index (κ2) is 9.92. The third-order valence-electron chi connectivity index (χ3n) is 4.53. The summed E-state index contributed by atoms with van der Waals surface area (Å²) in [6, 6.07) is 1.83. The Morgan fingerprint density at radius 1 is 1.23 bits per heavy atom. The molecule has 9 nitrogen and oxygen atoms in total. The van der Waals surface area contributed by atoms with Gasteiger partial charge in [0.15, 0.2) is 0 Å². The van der Waals surface area contributed by atoms with E-state index >= 15 is 0 Å². The highest BCUT2D eigenvalue weighted by Gasteiger charge is 2.39. The van der Waals surface area contributed by atoms with Crippen LogP contribution in [0.1, 0.15) is 38.6 Å². The number of carboxylic acids is 1. The Hall–Kier alpha value is -2.92. The number of nitrogens with one attached hydrogen (secondary N) is 1. The van der Waals surface area contributed by atoms with Gasteiger partial charge in [-0.1, -0.05) is 0 Å². The van der Waals surface area contributed by atoms with Crippen LogP contribution in [0.3, 0.4) is 0 Å². The molecule has 12 heteroatoms. The standard InChI is InChI=1S/C17H26N4O3.C2HF3O2/c1-11-8-12(2)20(16(24)19-11)7-6-18-15(23)13-9-14(22)21(10-13)17(3,4)5;3-2(4,5)1(6)7/h8,13H,6-7,9-10H2,1-5H3,(H,18,23);(H,6,7). The number of hydrogen-bond acceptors (Lipinski definition) is 5. The molecule has 174 valence electrons. The summed E-state index contributed by atoms with van der Waals surface area (Å²) in [5, 5.41) is 9.95. The van der Waals surface area contributed by atoms with Crippen LogP contribution < -0.4 is 11.0 Å². The molecule has 0 radical (unpaired) electrons. The molecule has 2 heterocycles. The molecule has 0 spiro atoms. The number of likely N-dealkylation sites (tertiary alicyclic amines) is 1. The number of nitrogens with zero attached hydrogens (tertiary/aromatic N) is 3. The molecule has 0 bridgehead atoms. The van der Waals surface area contributed by atoms with Crippen molar-refractivity contribution in [3.8, 4) is 0 Å². The van der Waals surface area contributed by atoms with Gasteiger partial charge in [0, 0.05) is 43.0 Å². The average Bonchev–Trinajstić information content (AvgIpc) is 2.99. The zero-order valence-electron chi connectivity index (χ0n) is 18.0. The predicted octanol–water partition coefficient (Wildman–Crippen LogP) is 1.26.